The van der Waals surface area contributed by atoms with Gasteiger partial charge < -0.3 is 21.7 Å². The van der Waals surface area contributed by atoms with Crippen LogP contribution in [0.2, 0.25) is 10.2 Å². The van der Waals surface area contributed by atoms with Gasteiger partial charge in [0.25, 0.3) is 0 Å². The summed E-state index contributed by atoms with van der Waals surface area (Å²) in [7, 11) is 0. The number of aromatic carboxylic acids is 1. The molecule has 6 N–H and O–H groups in total. The number of anilines is 2. The van der Waals surface area contributed by atoms with E-state index < -0.39 is 11.7 Å². The van der Waals surface area contributed by atoms with E-state index in [2.05, 4.69) is 9.97 Å². The van der Waals surface area contributed by atoms with Crippen LogP contribution in [-0.4, -0.2) is 16.1 Å². The summed E-state index contributed by atoms with van der Waals surface area (Å²) < 4.78 is 0. The number of nitrogens with two attached hydrogens (primary N) is 2. The highest BCUT2D eigenvalue weighted by Gasteiger charge is 2.03. The van der Waals surface area contributed by atoms with E-state index in [-0.39, 0.29) is 16.5 Å². The number of H-pyrrole nitrogens is 1. The zero-order chi connectivity index (χ0) is 15.3. The summed E-state index contributed by atoms with van der Waals surface area (Å²) in [5.41, 5.74) is 10.2. The Balaban J connectivity index is 0.000000204. The molecule has 1 aromatic heterocycles. The van der Waals surface area contributed by atoms with Crippen LogP contribution in [0.25, 0.3) is 0 Å². The van der Waals surface area contributed by atoms with E-state index in [4.69, 9.17) is 39.8 Å². The Bertz CT molecular complexity index is 587. The highest BCUT2D eigenvalue weighted by Crippen LogP contribution is 2.18. The fourth-order valence-electron chi connectivity index (χ4n) is 1.16. The number of carbonyl (C=O) groups is 1. The summed E-state index contributed by atoms with van der Waals surface area (Å²) in [5, 5.41) is 19.8. The van der Waals surface area contributed by atoms with Crippen molar-refractivity contribution >= 4 is 40.9 Å². The number of benzene rings is 1. The second kappa shape index (κ2) is 6.78. The molecule has 0 saturated heterocycles. The summed E-state index contributed by atoms with van der Waals surface area (Å²) in [6, 6.07) is 5.10. The van der Waals surface area contributed by atoms with Crippen molar-refractivity contribution in [3.05, 3.63) is 40.0 Å². The van der Waals surface area contributed by atoms with Crippen molar-refractivity contribution in [2.75, 3.05) is 11.5 Å². The van der Waals surface area contributed by atoms with Gasteiger partial charge >= 0.3 is 11.9 Å². The molecule has 2 rings (SSSR count). The summed E-state index contributed by atoms with van der Waals surface area (Å²) in [6.07, 6.45) is 0. The number of aromatic nitrogens is 2. The number of nitrogens with zero attached hydrogens (tertiary/aromatic N) is 1. The minimum Gasteiger partial charge on any atom is -0.872 e. The lowest BCUT2D eigenvalue weighted by atomic mass is 10.2. The largest absolute Gasteiger partial charge is 0.872 e. The van der Waals surface area contributed by atoms with Crippen molar-refractivity contribution in [1.82, 2.24) is 4.98 Å². The van der Waals surface area contributed by atoms with E-state index in [1.807, 2.05) is 0 Å². The molecule has 0 fully saturated rings. The zero-order valence-electron chi connectivity index (χ0n) is 9.93. The third kappa shape index (κ3) is 4.79. The fourth-order valence-corrected chi connectivity index (χ4v) is 1.54. The molecule has 20 heavy (non-hydrogen) atoms. The Kier molecular flexibility index (Phi) is 5.36. The zero-order valence-corrected chi connectivity index (χ0v) is 11.4. The number of hydrogen-bond donors (Lipinski definition) is 3. The van der Waals surface area contributed by atoms with E-state index in [0.717, 1.165) is 12.1 Å². The van der Waals surface area contributed by atoms with Gasteiger partial charge in [-0.1, -0.05) is 28.4 Å². The minimum atomic E-state index is -1.25. The number of aromatic amines is 1. The fraction of sp³-hybridized carbons (Fsp3) is 0. The lowest BCUT2D eigenvalue weighted by Gasteiger charge is -2.08. The summed E-state index contributed by atoms with van der Waals surface area (Å²) >= 11 is 10.9. The Labute approximate surface area is 123 Å². The number of halogens is 2. The maximum Gasteiger partial charge on any atom is 0.343 e. The highest BCUT2D eigenvalue weighted by atomic mass is 35.5. The molecule has 0 aliphatic rings. The smallest absolute Gasteiger partial charge is 0.343 e. The van der Waals surface area contributed by atoms with Crippen molar-refractivity contribution in [3.8, 4) is 5.75 Å². The second-order valence-corrected chi connectivity index (χ2v) is 4.31. The van der Waals surface area contributed by atoms with Gasteiger partial charge in [0, 0.05) is 5.02 Å². The molecule has 1 aromatic carbocycles. The van der Waals surface area contributed by atoms with Crippen LogP contribution < -0.4 is 21.6 Å². The van der Waals surface area contributed by atoms with Gasteiger partial charge in [-0.05, 0) is 23.7 Å². The second-order valence-electron chi connectivity index (χ2n) is 3.49. The predicted octanol–water partition coefficient (Wildman–Crippen LogP) is 0.825. The van der Waals surface area contributed by atoms with E-state index in [1.54, 1.807) is 0 Å². The van der Waals surface area contributed by atoms with Crippen LogP contribution in [0.3, 0.4) is 0 Å². The molecular weight excluding hydrogens is 307 g/mol. The first-order valence-corrected chi connectivity index (χ1v) is 5.86. The predicted molar refractivity (Wildman–Crippen MR) is 72.5 cm³/mol. The maximum atomic E-state index is 10.8. The highest BCUT2D eigenvalue weighted by molar-refractivity contribution is 6.31. The molecule has 0 atom stereocenters. The molecule has 0 aliphatic heterocycles. The van der Waals surface area contributed by atoms with Crippen LogP contribution in [0.1, 0.15) is 10.4 Å². The lowest BCUT2D eigenvalue weighted by molar-refractivity contribution is -0.346. The topological polar surface area (TPSA) is 139 Å². The van der Waals surface area contributed by atoms with Gasteiger partial charge in [0.15, 0.2) is 11.0 Å². The molecule has 0 aliphatic carbocycles. The maximum absolute atomic E-state index is 10.8. The van der Waals surface area contributed by atoms with Gasteiger partial charge in [-0.3, -0.25) is 0 Å². The van der Waals surface area contributed by atoms with E-state index in [1.165, 1.54) is 12.1 Å². The third-order valence-electron chi connectivity index (χ3n) is 1.95. The van der Waals surface area contributed by atoms with Crippen LogP contribution in [0.5, 0.6) is 5.75 Å². The molecule has 9 heteroatoms. The Morgan fingerprint density at radius 2 is 1.95 bits per heavy atom. The minimum absolute atomic E-state index is 0.222. The average Bonchev–Trinajstić information content (AvgIpc) is 2.31. The van der Waals surface area contributed by atoms with Gasteiger partial charge in [-0.15, -0.1) is 0 Å². The SMILES string of the molecule is Nc1cc(Cl)nc(N)[nH+]1.O=C(O)c1cc(Cl)ccc1[O-]. The number of nitrogen functional groups attached to an aromatic ring is 2. The molecule has 0 unspecified atom stereocenters. The normalized spacial score (nSPS) is 9.50. The van der Waals surface area contributed by atoms with Crippen molar-refractivity contribution in [3.63, 3.8) is 0 Å². The van der Waals surface area contributed by atoms with Crippen LogP contribution in [0.15, 0.2) is 24.3 Å². The third-order valence-corrected chi connectivity index (χ3v) is 2.38. The van der Waals surface area contributed by atoms with Gasteiger partial charge in [0.1, 0.15) is 0 Å². The van der Waals surface area contributed by atoms with Gasteiger partial charge in [0.05, 0.1) is 11.6 Å². The molecule has 0 radical (unpaired) electrons. The number of carboxylic acid groups (broad SMARTS) is 1. The Morgan fingerprint density at radius 1 is 1.30 bits per heavy atom. The van der Waals surface area contributed by atoms with Crippen molar-refractivity contribution in [2.45, 2.75) is 0 Å². The summed E-state index contributed by atoms with van der Waals surface area (Å²) in [4.78, 5) is 16.5. The number of hydrogen-bond acceptors (Lipinski definition) is 5. The van der Waals surface area contributed by atoms with Crippen LogP contribution in [0, 0.1) is 0 Å². The molecule has 0 amide bonds. The standard InChI is InChI=1S/C7H5ClO3.C4H5ClN4/c8-4-1-2-6(9)5(3-4)7(10)11;5-2-1-3(6)9-4(7)8-2/h1-3,9H,(H,10,11);1H,(H4,6,7,8,9). The quantitative estimate of drug-likeness (QED) is 0.665. The van der Waals surface area contributed by atoms with Gasteiger partial charge in [0.2, 0.25) is 0 Å². The van der Waals surface area contributed by atoms with E-state index in [9.17, 15) is 9.90 Å². The Hall–Kier alpha value is -2.25. The van der Waals surface area contributed by atoms with Crippen molar-refractivity contribution < 1.29 is 20.0 Å². The molecule has 106 valence electrons. The van der Waals surface area contributed by atoms with Crippen LogP contribution in [-0.2, 0) is 0 Å². The molecule has 2 aromatic rings. The molecule has 0 saturated carbocycles. The van der Waals surface area contributed by atoms with Gasteiger partial charge in [-0.2, -0.15) is 0 Å². The summed E-state index contributed by atoms with van der Waals surface area (Å²) in [5.74, 6) is -1.15. The van der Waals surface area contributed by atoms with Crippen molar-refractivity contribution in [1.29, 1.82) is 0 Å². The van der Waals surface area contributed by atoms with E-state index in [0.29, 0.717) is 11.0 Å². The van der Waals surface area contributed by atoms with Gasteiger partial charge in [-0.25, -0.2) is 9.78 Å². The first-order valence-electron chi connectivity index (χ1n) is 5.10. The first kappa shape index (κ1) is 15.8. The number of rotatable bonds is 1. The molecular formula is C11H10Cl2N4O3. The molecule has 1 heterocycles. The van der Waals surface area contributed by atoms with Crippen molar-refractivity contribution in [2.24, 2.45) is 0 Å². The Morgan fingerprint density at radius 3 is 2.40 bits per heavy atom. The van der Waals surface area contributed by atoms with Crippen LogP contribution in [0.4, 0.5) is 11.8 Å². The summed E-state index contributed by atoms with van der Waals surface area (Å²) in [6.45, 7) is 0. The monoisotopic (exact) mass is 316 g/mol. The number of nitrogens with one attached hydrogen (secondary N) is 1. The first-order chi connectivity index (χ1) is 9.29. The number of carboxylic acids is 1. The lowest BCUT2D eigenvalue weighted by Crippen LogP contribution is -2.16. The average molecular weight is 317 g/mol. The molecule has 0 bridgehead atoms. The van der Waals surface area contributed by atoms with Crippen LogP contribution >= 0.6 is 23.2 Å². The van der Waals surface area contributed by atoms with E-state index >= 15 is 0 Å². The molecule has 7 nitrogen and oxygen atoms in total. The molecule has 0 spiro atoms.